The molecule has 1 aliphatic carbocycles. The molecule has 1 aliphatic heterocycles. The third-order valence-electron chi connectivity index (χ3n) is 13.2. The lowest BCUT2D eigenvalue weighted by Crippen LogP contribution is -2.40. The van der Waals surface area contributed by atoms with E-state index in [0.717, 1.165) is 22.7 Å². The highest BCUT2D eigenvalue weighted by atomic mass is 32.1. The highest BCUT2D eigenvalue weighted by Gasteiger charge is 2.38. The van der Waals surface area contributed by atoms with E-state index in [1.54, 1.807) is 71.7 Å². The van der Waals surface area contributed by atoms with Crippen LogP contribution in [0.15, 0.2) is 64.8 Å². The van der Waals surface area contributed by atoms with Gasteiger partial charge in [0.05, 0.1) is 58.7 Å². The summed E-state index contributed by atoms with van der Waals surface area (Å²) < 4.78 is 10.8. The predicted molar refractivity (Wildman–Crippen MR) is 311 cm³/mol. The largest absolute Gasteiger partial charge is 0.481 e. The lowest BCUT2D eigenvalue weighted by Gasteiger charge is -2.31. The van der Waals surface area contributed by atoms with Crippen LogP contribution in [0.1, 0.15) is 119 Å². The number of aryl methyl sites for hydroxylation is 1. The standard InChI is InChI=1S/C53H51N13O11S6/c1-22(2)37-51-66-40(33(83-51)18-76-5)44(71)55-17-36(68)63-41(42(69)24-9-7-6-8-10-24)50-60-31(20-79-50)47-56-16-32(82-47)39-27(11-12-28(57-39)48-61-34(21-80-48)62-53(75)77-26-13-25(14-26)52(73)74)46-59-30(19-78-46)43(70)58-29(15-35(67)54-4)49-65-38(23(3)81-49)45(72)64-37/h6-12,16,19-22,25-26,29,37,41-42,69H,13-15,17-18H2,1-5H3,(H,54,67)(H,55,71)(H,58,70)(H,62,75)(H,63,68)(H,64,72)(H,73,74)/t25?,26?,29-,37-,41-,42-/m0/s1. The van der Waals surface area contributed by atoms with Gasteiger partial charge in [0.1, 0.15) is 76.9 Å². The van der Waals surface area contributed by atoms with Crippen molar-refractivity contribution in [2.45, 2.75) is 77.0 Å². The van der Waals surface area contributed by atoms with Crippen LogP contribution in [0.25, 0.3) is 42.5 Å². The van der Waals surface area contributed by atoms with Crippen LogP contribution >= 0.6 is 68.0 Å². The van der Waals surface area contributed by atoms with Gasteiger partial charge < -0.3 is 46.3 Å². The van der Waals surface area contributed by atoms with Crippen LogP contribution in [0, 0.1) is 18.8 Å². The second-order valence-corrected chi connectivity index (χ2v) is 25.3. The average Bonchev–Trinajstić information content (AvgIpc) is 4.45. The Morgan fingerprint density at radius 1 is 0.747 bits per heavy atom. The summed E-state index contributed by atoms with van der Waals surface area (Å²) in [5.41, 5.74) is 2.28. The number of pyridine rings is 1. The van der Waals surface area contributed by atoms with Crippen molar-refractivity contribution in [3.8, 4) is 42.5 Å². The number of amides is 6. The van der Waals surface area contributed by atoms with Crippen LogP contribution in [0.3, 0.4) is 0 Å². The summed E-state index contributed by atoms with van der Waals surface area (Å²) in [6.07, 6.45) is -0.778. The van der Waals surface area contributed by atoms with Crippen molar-refractivity contribution in [3.63, 3.8) is 0 Å². The molecule has 30 heteroatoms. The number of carboxylic acids is 1. The molecule has 0 saturated heterocycles. The molecule has 24 nitrogen and oxygen atoms in total. The Morgan fingerprint density at radius 3 is 2.25 bits per heavy atom. The number of anilines is 1. The normalized spacial score (nSPS) is 18.9. The van der Waals surface area contributed by atoms with Gasteiger partial charge in [-0.1, -0.05) is 44.2 Å². The Balaban J connectivity index is 1.03. The Kier molecular flexibility index (Phi) is 17.8. The number of aliphatic hydroxyl groups is 1. The molecule has 0 spiro atoms. The van der Waals surface area contributed by atoms with Gasteiger partial charge in [0.25, 0.3) is 17.7 Å². The van der Waals surface area contributed by atoms with Crippen molar-refractivity contribution in [1.82, 2.24) is 61.5 Å². The van der Waals surface area contributed by atoms with Crippen LogP contribution in [-0.2, 0) is 30.5 Å². The number of aromatic nitrogens is 7. The summed E-state index contributed by atoms with van der Waals surface area (Å²) in [7, 11) is 2.93. The minimum atomic E-state index is -1.29. The molecule has 4 atom stereocenters. The molecular formula is C53H51N13O11S6. The molecular weight excluding hydrogens is 1190 g/mol. The number of hydrogen-bond donors (Lipinski definition) is 8. The highest BCUT2D eigenvalue weighted by Crippen LogP contribution is 2.42. The van der Waals surface area contributed by atoms with E-state index in [2.05, 4.69) is 46.9 Å². The molecule has 2 aliphatic rings. The first-order valence-electron chi connectivity index (χ1n) is 25.6. The fourth-order valence-electron chi connectivity index (χ4n) is 8.78. The smallest absolute Gasteiger partial charge is 0.413 e. The van der Waals surface area contributed by atoms with Gasteiger partial charge in [-0.05, 0) is 43.4 Å². The molecule has 0 unspecified atom stereocenters. The number of rotatable bonds is 11. The zero-order chi connectivity index (χ0) is 58.6. The van der Waals surface area contributed by atoms with E-state index in [1.807, 2.05) is 13.8 Å². The van der Waals surface area contributed by atoms with Gasteiger partial charge in [-0.25, -0.2) is 39.7 Å². The number of fused-ring (bicyclic) bond motifs is 14. The van der Waals surface area contributed by atoms with Crippen LogP contribution in [0.4, 0.5) is 10.6 Å². The molecule has 1 fully saturated rings. The Morgan fingerprint density at radius 2 is 1.51 bits per heavy atom. The predicted octanol–water partition coefficient (Wildman–Crippen LogP) is 7.72. The maximum atomic E-state index is 14.3. The number of carboxylic acid groups (broad SMARTS) is 1. The zero-order valence-electron chi connectivity index (χ0n) is 44.6. The van der Waals surface area contributed by atoms with Crippen LogP contribution in [-0.4, -0.2) is 114 Å². The second kappa shape index (κ2) is 25.3. The maximum Gasteiger partial charge on any atom is 0.413 e. The van der Waals surface area contributed by atoms with E-state index < -0.39 is 84.4 Å². The molecule has 6 amide bonds. The Labute approximate surface area is 496 Å². The van der Waals surface area contributed by atoms with Crippen molar-refractivity contribution < 1.29 is 53.2 Å². The zero-order valence-corrected chi connectivity index (χ0v) is 49.5. The molecule has 10 bridgehead atoms. The van der Waals surface area contributed by atoms with Gasteiger partial charge in [-0.2, -0.15) is 0 Å². The summed E-state index contributed by atoms with van der Waals surface area (Å²) in [4.78, 5) is 128. The minimum absolute atomic E-state index is 0.00285. The number of aliphatic hydroxyl groups excluding tert-OH is 1. The molecule has 7 aromatic heterocycles. The number of benzene rings is 1. The maximum absolute atomic E-state index is 14.3. The van der Waals surface area contributed by atoms with Crippen molar-refractivity contribution in [1.29, 1.82) is 0 Å². The van der Waals surface area contributed by atoms with Gasteiger partial charge in [0.15, 0.2) is 0 Å². The van der Waals surface area contributed by atoms with Crippen molar-refractivity contribution >= 4 is 115 Å². The van der Waals surface area contributed by atoms with E-state index in [0.29, 0.717) is 67.9 Å². The molecule has 430 valence electrons. The SMILES string of the molecule is CNC(=O)C[C@@H]1NC(=O)c2csc(n2)-c2ccc(-c3nc(NC(=O)OC4CC(C(=O)O)C4)cs3)nc2-c2cnc(s2)-c2csc(n2)[C@H]([C@@H](O)c2ccccc2)NC(=O)CNC(=O)c2nc(sc2COC)[C@H](C(C)C)NC(=O)c2nc1sc2C. The lowest BCUT2D eigenvalue weighted by atomic mass is 9.82. The van der Waals surface area contributed by atoms with E-state index in [9.17, 15) is 43.8 Å². The Hall–Kier alpha value is -7.84. The molecule has 1 saturated carbocycles. The van der Waals surface area contributed by atoms with Crippen molar-refractivity contribution in [3.05, 3.63) is 112 Å². The van der Waals surface area contributed by atoms with Gasteiger partial charge in [0.2, 0.25) is 11.8 Å². The summed E-state index contributed by atoms with van der Waals surface area (Å²) in [6.45, 7) is 4.93. The first-order valence-corrected chi connectivity index (χ1v) is 30.7. The van der Waals surface area contributed by atoms with Gasteiger partial charge in [-0.3, -0.25) is 34.1 Å². The van der Waals surface area contributed by atoms with Crippen molar-refractivity contribution in [2.24, 2.45) is 11.8 Å². The van der Waals surface area contributed by atoms with Crippen LogP contribution < -0.4 is 31.9 Å². The second-order valence-electron chi connectivity index (χ2n) is 19.3. The van der Waals surface area contributed by atoms with Crippen LogP contribution in [0.5, 0.6) is 0 Å². The highest BCUT2D eigenvalue weighted by molar-refractivity contribution is 7.19. The number of aliphatic carboxylic acids is 1. The number of hydrogen-bond acceptors (Lipinski definition) is 23. The van der Waals surface area contributed by atoms with Crippen LogP contribution in [0.2, 0.25) is 0 Å². The van der Waals surface area contributed by atoms with Gasteiger partial charge in [0, 0.05) is 46.9 Å². The number of nitrogens with one attached hydrogen (secondary N) is 6. The van der Waals surface area contributed by atoms with Gasteiger partial charge in [-0.15, -0.1) is 68.0 Å². The first-order chi connectivity index (χ1) is 39.9. The molecule has 1 aromatic carbocycles. The van der Waals surface area contributed by atoms with E-state index in [-0.39, 0.29) is 59.7 Å². The van der Waals surface area contributed by atoms with E-state index in [1.165, 1.54) is 59.5 Å². The molecule has 0 radical (unpaired) electrons. The van der Waals surface area contributed by atoms with E-state index in [4.69, 9.17) is 29.4 Å². The summed E-state index contributed by atoms with van der Waals surface area (Å²) in [5, 5.41) is 45.0. The lowest BCUT2D eigenvalue weighted by molar-refractivity contribution is -0.148. The average molecular weight is 1240 g/mol. The quantitative estimate of drug-likeness (QED) is 0.0614. The molecule has 8 N–H and O–H groups in total. The number of nitrogens with zero attached hydrogens (tertiary/aromatic N) is 7. The number of carbonyl (C=O) groups excluding carboxylic acids is 6. The third-order valence-corrected chi connectivity index (χ3v) is 19.1. The summed E-state index contributed by atoms with van der Waals surface area (Å²) >= 11 is 7.08. The molecule has 8 aromatic rings. The first kappa shape index (κ1) is 58.4. The minimum Gasteiger partial charge on any atom is -0.481 e. The number of ether oxygens (including phenoxy) is 2. The Bertz CT molecular complexity index is 3750. The topological polar surface area (TPSA) is 341 Å². The van der Waals surface area contributed by atoms with E-state index >= 15 is 0 Å². The third kappa shape index (κ3) is 13.2. The van der Waals surface area contributed by atoms with Crippen molar-refractivity contribution in [2.75, 3.05) is 26.0 Å². The van der Waals surface area contributed by atoms with Gasteiger partial charge >= 0.3 is 12.1 Å². The molecule has 83 heavy (non-hydrogen) atoms. The fourth-order valence-corrected chi connectivity index (χ4v) is 14.4. The molecule has 10 rings (SSSR count). The summed E-state index contributed by atoms with van der Waals surface area (Å²) in [6, 6.07) is 9.40. The number of methoxy groups -OCH3 is 1. The monoisotopic (exact) mass is 1240 g/mol. The number of carbonyl (C=O) groups is 7. The molecule has 8 heterocycles. The fraction of sp³-hybridized carbons (Fsp3) is 0.321. The number of thiazole rings is 6. The summed E-state index contributed by atoms with van der Waals surface area (Å²) in [5.74, 6) is -4.49.